The van der Waals surface area contributed by atoms with Gasteiger partial charge < -0.3 is 19.6 Å². The third-order valence-electron chi connectivity index (χ3n) is 3.46. The van der Waals surface area contributed by atoms with Gasteiger partial charge in [0.05, 0.1) is 5.56 Å². The van der Waals surface area contributed by atoms with Crippen LogP contribution in [0, 0.1) is 0 Å². The van der Waals surface area contributed by atoms with Crippen molar-refractivity contribution in [2.45, 2.75) is 20.4 Å². The van der Waals surface area contributed by atoms with E-state index in [9.17, 15) is 9.59 Å². The van der Waals surface area contributed by atoms with Crippen molar-refractivity contribution in [3.8, 4) is 0 Å². The number of ether oxygens (including phenoxy) is 1. The summed E-state index contributed by atoms with van der Waals surface area (Å²) in [6.45, 7) is 7.46. The van der Waals surface area contributed by atoms with Gasteiger partial charge in [-0.05, 0) is 30.8 Å². The summed E-state index contributed by atoms with van der Waals surface area (Å²) < 4.78 is 5.22. The number of benzene rings is 1. The Bertz CT molecular complexity index is 483. The second-order valence-corrected chi connectivity index (χ2v) is 5.00. The van der Waals surface area contributed by atoms with Crippen molar-refractivity contribution in [1.29, 1.82) is 0 Å². The molecule has 0 aliphatic carbocycles. The van der Waals surface area contributed by atoms with Crippen LogP contribution in [-0.4, -0.2) is 60.3 Å². The smallest absolute Gasteiger partial charge is 0.409 e. The van der Waals surface area contributed by atoms with Crippen LogP contribution < -0.4 is 0 Å². The normalized spacial score (nSPS) is 10.5. The van der Waals surface area contributed by atoms with Crippen LogP contribution in [0.4, 0.5) is 4.79 Å². The number of hydrogen-bond acceptors (Lipinski definition) is 4. The molecule has 0 saturated carbocycles. The summed E-state index contributed by atoms with van der Waals surface area (Å²) in [6.07, 6.45) is -0.380. The summed E-state index contributed by atoms with van der Waals surface area (Å²) in [6, 6.07) is 6.45. The van der Waals surface area contributed by atoms with Crippen molar-refractivity contribution in [1.82, 2.24) is 9.80 Å². The highest BCUT2D eigenvalue weighted by molar-refractivity contribution is 5.87. The van der Waals surface area contributed by atoms with E-state index in [2.05, 4.69) is 18.7 Å². The van der Waals surface area contributed by atoms with Crippen LogP contribution in [0.15, 0.2) is 24.3 Å². The van der Waals surface area contributed by atoms with Gasteiger partial charge in [-0.3, -0.25) is 0 Å². The van der Waals surface area contributed by atoms with Gasteiger partial charge in [-0.1, -0.05) is 26.0 Å². The average Bonchev–Trinajstić information content (AvgIpc) is 2.51. The minimum atomic E-state index is -0.962. The third-order valence-corrected chi connectivity index (χ3v) is 3.46. The van der Waals surface area contributed by atoms with Crippen LogP contribution in [0.2, 0.25) is 0 Å². The molecule has 1 rings (SSSR count). The minimum absolute atomic E-state index is 0.230. The second kappa shape index (κ2) is 9.04. The fourth-order valence-corrected chi connectivity index (χ4v) is 2.00. The molecular formula is C16H24N2O4. The van der Waals surface area contributed by atoms with Crippen LogP contribution in [0.1, 0.15) is 29.8 Å². The number of amides is 1. The van der Waals surface area contributed by atoms with Gasteiger partial charge >= 0.3 is 12.1 Å². The zero-order valence-electron chi connectivity index (χ0n) is 13.4. The average molecular weight is 308 g/mol. The molecule has 1 N–H and O–H groups in total. The summed E-state index contributed by atoms with van der Waals surface area (Å²) in [7, 11) is 1.66. The number of likely N-dealkylation sites (N-methyl/N-ethyl adjacent to an activating group) is 1. The van der Waals surface area contributed by atoms with Crippen molar-refractivity contribution >= 4 is 12.1 Å². The largest absolute Gasteiger partial charge is 0.478 e. The first-order chi connectivity index (χ1) is 10.5. The molecule has 122 valence electrons. The van der Waals surface area contributed by atoms with Crippen LogP contribution >= 0.6 is 0 Å². The molecule has 0 aliphatic rings. The molecule has 6 heteroatoms. The number of aromatic carboxylic acids is 1. The van der Waals surface area contributed by atoms with E-state index < -0.39 is 5.97 Å². The molecule has 0 bridgehead atoms. The van der Waals surface area contributed by atoms with Gasteiger partial charge in [0.15, 0.2) is 0 Å². The van der Waals surface area contributed by atoms with Crippen LogP contribution in [0.5, 0.6) is 0 Å². The van der Waals surface area contributed by atoms with Crippen LogP contribution in [0.25, 0.3) is 0 Å². The predicted molar refractivity (Wildman–Crippen MR) is 84.0 cm³/mol. The van der Waals surface area contributed by atoms with Gasteiger partial charge in [0, 0.05) is 20.1 Å². The molecule has 0 aliphatic heterocycles. The standard InChI is InChI=1S/C16H24N2O4/c1-4-18(5-2)10-11-22-16(21)17(3)12-13-6-8-14(9-7-13)15(19)20/h6-9H,4-5,10-12H2,1-3H3,(H,19,20). The van der Waals surface area contributed by atoms with Gasteiger partial charge in [0.2, 0.25) is 0 Å². The molecular weight excluding hydrogens is 284 g/mol. The van der Waals surface area contributed by atoms with E-state index in [1.165, 1.54) is 17.0 Å². The van der Waals surface area contributed by atoms with Gasteiger partial charge in [0.1, 0.15) is 6.61 Å². The molecule has 1 aromatic carbocycles. The van der Waals surface area contributed by atoms with Crippen molar-refractivity contribution in [3.05, 3.63) is 35.4 Å². The zero-order valence-corrected chi connectivity index (χ0v) is 13.4. The van der Waals surface area contributed by atoms with Crippen molar-refractivity contribution in [3.63, 3.8) is 0 Å². The Balaban J connectivity index is 2.42. The van der Waals surface area contributed by atoms with Crippen LogP contribution in [0.3, 0.4) is 0 Å². The number of carbonyl (C=O) groups is 2. The second-order valence-electron chi connectivity index (χ2n) is 5.00. The quantitative estimate of drug-likeness (QED) is 0.798. The zero-order chi connectivity index (χ0) is 16.5. The van der Waals surface area contributed by atoms with E-state index in [0.717, 1.165) is 25.2 Å². The fraction of sp³-hybridized carbons (Fsp3) is 0.500. The lowest BCUT2D eigenvalue weighted by atomic mass is 10.1. The molecule has 1 aromatic rings. The first-order valence-corrected chi connectivity index (χ1v) is 7.40. The van der Waals surface area contributed by atoms with E-state index in [1.807, 2.05) is 0 Å². The maximum atomic E-state index is 11.9. The SMILES string of the molecule is CCN(CC)CCOC(=O)N(C)Cc1ccc(C(=O)O)cc1. The summed E-state index contributed by atoms with van der Waals surface area (Å²) in [4.78, 5) is 26.3. The van der Waals surface area contributed by atoms with Gasteiger partial charge in [0.25, 0.3) is 0 Å². The monoisotopic (exact) mass is 308 g/mol. The molecule has 0 heterocycles. The first-order valence-electron chi connectivity index (χ1n) is 7.40. The van der Waals surface area contributed by atoms with Gasteiger partial charge in [-0.15, -0.1) is 0 Å². The molecule has 0 fully saturated rings. The number of rotatable bonds is 8. The number of hydrogen-bond donors (Lipinski definition) is 1. The Morgan fingerprint density at radius 1 is 1.14 bits per heavy atom. The molecule has 0 unspecified atom stereocenters. The first kappa shape index (κ1) is 18.0. The summed E-state index contributed by atoms with van der Waals surface area (Å²) >= 11 is 0. The Morgan fingerprint density at radius 2 is 1.73 bits per heavy atom. The van der Waals surface area contributed by atoms with E-state index in [1.54, 1.807) is 19.2 Å². The Morgan fingerprint density at radius 3 is 2.23 bits per heavy atom. The highest BCUT2D eigenvalue weighted by Crippen LogP contribution is 2.07. The molecule has 0 atom stereocenters. The third kappa shape index (κ3) is 5.73. The van der Waals surface area contributed by atoms with Gasteiger partial charge in [-0.2, -0.15) is 0 Å². The highest BCUT2D eigenvalue weighted by atomic mass is 16.6. The maximum Gasteiger partial charge on any atom is 0.409 e. The molecule has 0 saturated heterocycles. The number of nitrogens with zero attached hydrogens (tertiary/aromatic N) is 2. The summed E-state index contributed by atoms with van der Waals surface area (Å²) in [5, 5.41) is 8.84. The number of carboxylic acid groups (broad SMARTS) is 1. The number of carbonyl (C=O) groups excluding carboxylic acids is 1. The van der Waals surface area contributed by atoms with E-state index in [0.29, 0.717) is 13.2 Å². The fourth-order valence-electron chi connectivity index (χ4n) is 2.00. The predicted octanol–water partition coefficient (Wildman–Crippen LogP) is 2.29. The van der Waals surface area contributed by atoms with E-state index in [-0.39, 0.29) is 11.7 Å². The lowest BCUT2D eigenvalue weighted by Crippen LogP contribution is -2.32. The molecule has 0 aromatic heterocycles. The van der Waals surface area contributed by atoms with Gasteiger partial charge in [-0.25, -0.2) is 9.59 Å². The molecule has 6 nitrogen and oxygen atoms in total. The highest BCUT2D eigenvalue weighted by Gasteiger charge is 2.11. The molecule has 22 heavy (non-hydrogen) atoms. The molecule has 0 spiro atoms. The van der Waals surface area contributed by atoms with E-state index in [4.69, 9.17) is 9.84 Å². The topological polar surface area (TPSA) is 70.1 Å². The van der Waals surface area contributed by atoms with Crippen molar-refractivity contribution in [2.75, 3.05) is 33.3 Å². The molecule has 1 amide bonds. The van der Waals surface area contributed by atoms with Crippen LogP contribution in [-0.2, 0) is 11.3 Å². The van der Waals surface area contributed by atoms with Crippen molar-refractivity contribution in [2.24, 2.45) is 0 Å². The Kier molecular flexibility index (Phi) is 7.39. The maximum absolute atomic E-state index is 11.9. The summed E-state index contributed by atoms with van der Waals surface area (Å²) in [5.74, 6) is -0.962. The Hall–Kier alpha value is -2.08. The van der Waals surface area contributed by atoms with Crippen molar-refractivity contribution < 1.29 is 19.4 Å². The summed E-state index contributed by atoms with van der Waals surface area (Å²) in [5.41, 5.74) is 1.08. The lowest BCUT2D eigenvalue weighted by molar-refractivity contribution is 0.0696. The lowest BCUT2D eigenvalue weighted by Gasteiger charge is -2.20. The molecule has 0 radical (unpaired) electrons. The van der Waals surface area contributed by atoms with E-state index >= 15 is 0 Å². The minimum Gasteiger partial charge on any atom is -0.478 e. The number of carboxylic acids is 1. The Labute approximate surface area is 131 Å².